The molecular weight excluding hydrogens is 214 g/mol. The van der Waals surface area contributed by atoms with Gasteiger partial charge in [-0.25, -0.2) is 0 Å². The molecule has 0 saturated carbocycles. The van der Waals surface area contributed by atoms with E-state index in [-0.39, 0.29) is 17.5 Å². The number of unbranched alkanes of at least 4 members (excludes halogenated alkanes) is 1. The lowest BCUT2D eigenvalue weighted by atomic mass is 9.92. The van der Waals surface area contributed by atoms with Crippen LogP contribution in [0, 0.1) is 5.92 Å². The molecule has 100 valence electrons. The maximum atomic E-state index is 11.9. The summed E-state index contributed by atoms with van der Waals surface area (Å²) in [6.07, 6.45) is 5.82. The summed E-state index contributed by atoms with van der Waals surface area (Å²) >= 11 is 0. The van der Waals surface area contributed by atoms with E-state index in [0.717, 1.165) is 19.4 Å². The predicted molar refractivity (Wildman–Crippen MR) is 69.9 cm³/mol. The molecule has 1 saturated heterocycles. The molecule has 0 amide bonds. The van der Waals surface area contributed by atoms with Crippen LogP contribution in [0.4, 0.5) is 0 Å². The predicted octanol–water partition coefficient (Wildman–Crippen LogP) is 2.89. The lowest BCUT2D eigenvalue weighted by Gasteiger charge is -2.30. The first-order valence-corrected chi connectivity index (χ1v) is 6.88. The van der Waals surface area contributed by atoms with Crippen molar-refractivity contribution in [3.63, 3.8) is 0 Å². The fourth-order valence-electron chi connectivity index (χ4n) is 2.20. The topological polar surface area (TPSA) is 38.3 Å². The van der Waals surface area contributed by atoms with Gasteiger partial charge in [-0.1, -0.05) is 19.8 Å². The summed E-state index contributed by atoms with van der Waals surface area (Å²) in [7, 11) is 0. The zero-order valence-electron chi connectivity index (χ0n) is 11.7. The van der Waals surface area contributed by atoms with Crippen molar-refractivity contribution in [3.05, 3.63) is 0 Å². The molecule has 3 nitrogen and oxygen atoms in total. The Morgan fingerprint density at radius 2 is 2.06 bits per heavy atom. The summed E-state index contributed by atoms with van der Waals surface area (Å²) in [6.45, 7) is 8.76. The molecule has 0 radical (unpaired) electrons. The highest BCUT2D eigenvalue weighted by Crippen LogP contribution is 2.21. The Bertz CT molecular complexity index is 237. The van der Waals surface area contributed by atoms with Gasteiger partial charge in [0, 0.05) is 12.6 Å². The second kappa shape index (κ2) is 6.39. The van der Waals surface area contributed by atoms with Crippen molar-refractivity contribution in [1.82, 2.24) is 5.32 Å². The number of hydrogen-bond donors (Lipinski definition) is 1. The summed E-state index contributed by atoms with van der Waals surface area (Å²) < 4.78 is 5.41. The summed E-state index contributed by atoms with van der Waals surface area (Å²) in [5.74, 6) is 0.00560. The summed E-state index contributed by atoms with van der Waals surface area (Å²) in [5.41, 5.74) is -0.365. The first-order chi connectivity index (χ1) is 7.92. The quantitative estimate of drug-likeness (QED) is 0.769. The minimum absolute atomic E-state index is 0.0426. The minimum Gasteiger partial charge on any atom is -0.460 e. The lowest BCUT2D eigenvalue weighted by molar-refractivity contribution is -0.160. The number of piperidine rings is 1. The van der Waals surface area contributed by atoms with Crippen LogP contribution in [-0.4, -0.2) is 24.2 Å². The zero-order chi connectivity index (χ0) is 12.9. The number of carbonyl (C=O) groups excluding carboxylic acids is 1. The van der Waals surface area contributed by atoms with Gasteiger partial charge in [-0.15, -0.1) is 0 Å². The molecule has 1 fully saturated rings. The average Bonchev–Trinajstić information content (AvgIpc) is 2.24. The molecule has 0 spiro atoms. The molecule has 2 unspecified atom stereocenters. The van der Waals surface area contributed by atoms with Gasteiger partial charge in [0.2, 0.25) is 0 Å². The first-order valence-electron chi connectivity index (χ1n) is 6.88. The van der Waals surface area contributed by atoms with E-state index in [2.05, 4.69) is 12.2 Å². The number of carbonyl (C=O) groups is 1. The molecule has 1 aliphatic heterocycles. The number of ether oxygens (including phenoxy) is 1. The van der Waals surface area contributed by atoms with Crippen molar-refractivity contribution in [2.24, 2.45) is 5.92 Å². The third-order valence-electron chi connectivity index (χ3n) is 3.16. The second-order valence-corrected chi connectivity index (χ2v) is 6.06. The monoisotopic (exact) mass is 241 g/mol. The van der Waals surface area contributed by atoms with Crippen LogP contribution in [0.3, 0.4) is 0 Å². The van der Waals surface area contributed by atoms with Crippen molar-refractivity contribution >= 4 is 5.97 Å². The van der Waals surface area contributed by atoms with E-state index >= 15 is 0 Å². The van der Waals surface area contributed by atoms with E-state index in [9.17, 15) is 4.79 Å². The van der Waals surface area contributed by atoms with Crippen molar-refractivity contribution in [2.45, 2.75) is 71.4 Å². The second-order valence-electron chi connectivity index (χ2n) is 6.06. The number of rotatable bonds is 4. The molecule has 0 aromatic rings. The first kappa shape index (κ1) is 14.5. The Labute approximate surface area is 105 Å². The van der Waals surface area contributed by atoms with Crippen molar-refractivity contribution < 1.29 is 9.53 Å². The van der Waals surface area contributed by atoms with E-state index in [0.29, 0.717) is 6.04 Å². The molecule has 2 atom stereocenters. The van der Waals surface area contributed by atoms with Gasteiger partial charge in [-0.2, -0.15) is 0 Å². The number of hydrogen-bond acceptors (Lipinski definition) is 3. The van der Waals surface area contributed by atoms with Gasteiger partial charge in [0.15, 0.2) is 0 Å². The summed E-state index contributed by atoms with van der Waals surface area (Å²) in [4.78, 5) is 11.9. The fourth-order valence-corrected chi connectivity index (χ4v) is 2.20. The van der Waals surface area contributed by atoms with E-state index in [1.807, 2.05) is 20.8 Å². The highest BCUT2D eigenvalue weighted by molar-refractivity contribution is 5.73. The Morgan fingerprint density at radius 3 is 2.53 bits per heavy atom. The highest BCUT2D eigenvalue weighted by atomic mass is 16.6. The average molecular weight is 241 g/mol. The highest BCUT2D eigenvalue weighted by Gasteiger charge is 2.29. The van der Waals surface area contributed by atoms with Crippen LogP contribution in [0.25, 0.3) is 0 Å². The Morgan fingerprint density at radius 1 is 1.35 bits per heavy atom. The van der Waals surface area contributed by atoms with E-state index < -0.39 is 0 Å². The molecule has 3 heteroatoms. The molecule has 1 rings (SSSR count). The smallest absolute Gasteiger partial charge is 0.310 e. The molecular formula is C14H27NO2. The van der Waals surface area contributed by atoms with Gasteiger partial charge in [-0.3, -0.25) is 4.79 Å². The molecule has 0 aliphatic carbocycles. The standard InChI is InChI=1S/C14H27NO2/c1-5-6-7-12-9-8-11(10-15-12)13(16)17-14(2,3)4/h11-12,15H,5-10H2,1-4H3. The van der Waals surface area contributed by atoms with Crippen LogP contribution < -0.4 is 5.32 Å². The molecule has 1 N–H and O–H groups in total. The normalized spacial score (nSPS) is 25.6. The maximum Gasteiger partial charge on any atom is 0.310 e. The number of esters is 1. The van der Waals surface area contributed by atoms with Crippen molar-refractivity contribution in [2.75, 3.05) is 6.54 Å². The van der Waals surface area contributed by atoms with E-state index in [1.165, 1.54) is 19.3 Å². The van der Waals surface area contributed by atoms with Crippen molar-refractivity contribution in [3.8, 4) is 0 Å². The van der Waals surface area contributed by atoms with Crippen LogP contribution >= 0.6 is 0 Å². The minimum atomic E-state index is -0.365. The zero-order valence-corrected chi connectivity index (χ0v) is 11.7. The van der Waals surface area contributed by atoms with Crippen LogP contribution in [0.5, 0.6) is 0 Å². The molecule has 0 aromatic carbocycles. The van der Waals surface area contributed by atoms with Crippen molar-refractivity contribution in [1.29, 1.82) is 0 Å². The van der Waals surface area contributed by atoms with Crippen LogP contribution in [0.1, 0.15) is 59.8 Å². The molecule has 17 heavy (non-hydrogen) atoms. The fraction of sp³-hybridized carbons (Fsp3) is 0.929. The summed E-state index contributed by atoms with van der Waals surface area (Å²) in [6, 6.07) is 0.605. The van der Waals surface area contributed by atoms with Gasteiger partial charge < -0.3 is 10.1 Å². The van der Waals surface area contributed by atoms with Gasteiger partial charge in [0.1, 0.15) is 5.60 Å². The third kappa shape index (κ3) is 5.53. The third-order valence-corrected chi connectivity index (χ3v) is 3.16. The van der Waals surface area contributed by atoms with Gasteiger partial charge in [0.25, 0.3) is 0 Å². The molecule has 1 heterocycles. The van der Waals surface area contributed by atoms with Crippen LogP contribution in [-0.2, 0) is 9.53 Å². The van der Waals surface area contributed by atoms with Gasteiger partial charge in [0.05, 0.1) is 5.92 Å². The SMILES string of the molecule is CCCCC1CCC(C(=O)OC(C)(C)C)CN1. The number of nitrogens with one attached hydrogen (secondary N) is 1. The maximum absolute atomic E-state index is 11.9. The molecule has 0 aromatic heterocycles. The largest absolute Gasteiger partial charge is 0.460 e. The Kier molecular flexibility index (Phi) is 5.44. The Balaban J connectivity index is 2.29. The van der Waals surface area contributed by atoms with E-state index in [1.54, 1.807) is 0 Å². The van der Waals surface area contributed by atoms with Crippen LogP contribution in [0.2, 0.25) is 0 Å². The summed E-state index contributed by atoms with van der Waals surface area (Å²) in [5, 5.41) is 3.47. The molecule has 0 bridgehead atoms. The molecule has 1 aliphatic rings. The van der Waals surface area contributed by atoms with Crippen LogP contribution in [0.15, 0.2) is 0 Å². The lowest BCUT2D eigenvalue weighted by Crippen LogP contribution is -2.43. The van der Waals surface area contributed by atoms with Gasteiger partial charge in [-0.05, 0) is 40.0 Å². The van der Waals surface area contributed by atoms with E-state index in [4.69, 9.17) is 4.74 Å². The van der Waals surface area contributed by atoms with Gasteiger partial charge >= 0.3 is 5.97 Å². The Hall–Kier alpha value is -0.570.